The monoisotopic (exact) mass is 402 g/mol. The molecule has 0 atom stereocenters. The number of hydrogen-bond acceptors (Lipinski definition) is 5. The lowest BCUT2D eigenvalue weighted by molar-refractivity contribution is 0.0233. The Labute approximate surface area is 155 Å². The summed E-state index contributed by atoms with van der Waals surface area (Å²) in [5, 5.41) is 1.75. The highest BCUT2D eigenvalue weighted by molar-refractivity contribution is 8.33. The molecule has 0 aliphatic carbocycles. The van der Waals surface area contributed by atoms with Gasteiger partial charge in [-0.05, 0) is 37.3 Å². The van der Waals surface area contributed by atoms with Crippen LogP contribution in [0.4, 0.5) is 4.39 Å². The van der Waals surface area contributed by atoms with Gasteiger partial charge in [0.2, 0.25) is 6.01 Å². The number of hydrogen-bond donors (Lipinski definition) is 0. The van der Waals surface area contributed by atoms with Crippen molar-refractivity contribution in [1.29, 1.82) is 0 Å². The zero-order valence-corrected chi connectivity index (χ0v) is 16.3. The van der Waals surface area contributed by atoms with E-state index in [1.807, 2.05) is 43.3 Å². The molecular formula is C18H23FO5S2. The molecular weight excluding hydrogens is 379 g/mol. The zero-order valence-electron chi connectivity index (χ0n) is 14.6. The fourth-order valence-electron chi connectivity index (χ4n) is 3.20. The summed E-state index contributed by atoms with van der Waals surface area (Å²) in [7, 11) is -6.28. The molecule has 0 N–H and O–H groups in total. The summed E-state index contributed by atoms with van der Waals surface area (Å²) in [5.41, 5.74) is 0. The Kier molecular flexibility index (Phi) is 6.06. The highest BCUT2D eigenvalue weighted by Crippen LogP contribution is 2.64. The minimum atomic E-state index is -4.19. The largest absolute Gasteiger partial charge is 0.467 e. The van der Waals surface area contributed by atoms with Crippen LogP contribution in [0.3, 0.4) is 0 Å². The van der Waals surface area contributed by atoms with Crippen molar-refractivity contribution in [2.45, 2.75) is 24.7 Å². The van der Waals surface area contributed by atoms with Gasteiger partial charge in [-0.2, -0.15) is 8.42 Å². The molecule has 0 radical (unpaired) electrons. The third-order valence-corrected chi connectivity index (χ3v) is 9.50. The van der Waals surface area contributed by atoms with Gasteiger partial charge in [-0.15, -0.1) is 0 Å². The van der Waals surface area contributed by atoms with E-state index < -0.39 is 26.4 Å². The lowest BCUT2D eigenvalue weighted by Crippen LogP contribution is -2.15. The second-order valence-corrected chi connectivity index (χ2v) is 10.8. The fourth-order valence-corrected chi connectivity index (χ4v) is 8.65. The smallest absolute Gasteiger partial charge is 0.306 e. The lowest BCUT2D eigenvalue weighted by Gasteiger charge is -2.35. The molecule has 0 aromatic heterocycles. The molecule has 0 saturated carbocycles. The van der Waals surface area contributed by atoms with Crippen molar-refractivity contribution < 1.29 is 25.9 Å². The average molecular weight is 403 g/mol. The number of ether oxygens (including phenoxy) is 2. The van der Waals surface area contributed by atoms with Crippen LogP contribution in [0.2, 0.25) is 0 Å². The van der Waals surface area contributed by atoms with E-state index in [1.165, 1.54) is 0 Å². The molecule has 1 aliphatic heterocycles. The van der Waals surface area contributed by atoms with Gasteiger partial charge in [-0.1, -0.05) is 34.6 Å². The van der Waals surface area contributed by atoms with Crippen molar-refractivity contribution in [1.82, 2.24) is 0 Å². The molecule has 1 fully saturated rings. The van der Waals surface area contributed by atoms with Gasteiger partial charge in [0.25, 0.3) is 0 Å². The molecule has 2 aromatic rings. The summed E-state index contributed by atoms with van der Waals surface area (Å²) in [5.74, 6) is 1.91. The van der Waals surface area contributed by atoms with Gasteiger partial charge in [0.1, 0.15) is 5.75 Å². The van der Waals surface area contributed by atoms with Gasteiger partial charge in [0, 0.05) is 28.4 Å². The molecule has 1 saturated heterocycles. The Hall–Kier alpha value is -1.35. The van der Waals surface area contributed by atoms with Crippen molar-refractivity contribution in [3.05, 3.63) is 36.4 Å². The molecule has 0 unspecified atom stereocenters. The molecule has 2 aromatic carbocycles. The predicted molar refractivity (Wildman–Crippen MR) is 102 cm³/mol. The van der Waals surface area contributed by atoms with E-state index in [0.717, 1.165) is 28.5 Å². The summed E-state index contributed by atoms with van der Waals surface area (Å²) in [6.07, 6.45) is 1.74. The maximum atomic E-state index is 12.9. The van der Waals surface area contributed by atoms with Gasteiger partial charge in [-0.25, -0.2) is 8.02 Å². The molecule has 26 heavy (non-hydrogen) atoms. The first kappa shape index (κ1) is 19.4. The molecule has 3 rings (SSSR count). The van der Waals surface area contributed by atoms with Gasteiger partial charge >= 0.3 is 10.1 Å². The molecule has 5 nitrogen and oxygen atoms in total. The standard InChI is InChI=1S/C18H23FO5S2/c1-2-22-14-23-17-9-10-18(16-8-4-3-7-15(16)17)25(11-5-6-12-25)24-26(20,21)13-19/h3-4,7-10H,2,5-6,11-14H2,1H3. The predicted octanol–water partition coefficient (Wildman–Crippen LogP) is 4.36. The molecule has 8 heteroatoms. The van der Waals surface area contributed by atoms with E-state index in [9.17, 15) is 12.8 Å². The summed E-state index contributed by atoms with van der Waals surface area (Å²) < 4.78 is 53.2. The van der Waals surface area contributed by atoms with Gasteiger partial charge < -0.3 is 9.47 Å². The Morgan fingerprint density at radius 2 is 1.77 bits per heavy atom. The molecule has 0 amide bonds. The maximum absolute atomic E-state index is 12.9. The normalized spacial score (nSPS) is 18.1. The first-order valence-corrected chi connectivity index (χ1v) is 12.0. The van der Waals surface area contributed by atoms with Crippen molar-refractivity contribution in [3.63, 3.8) is 0 Å². The van der Waals surface area contributed by atoms with Crippen LogP contribution in [0.25, 0.3) is 10.8 Å². The number of rotatable bonds is 8. The summed E-state index contributed by atoms with van der Waals surface area (Å²) in [6.45, 7) is 2.59. The molecule has 0 spiro atoms. The van der Waals surface area contributed by atoms with Crippen molar-refractivity contribution in [3.8, 4) is 5.75 Å². The first-order chi connectivity index (χ1) is 12.5. The summed E-state index contributed by atoms with van der Waals surface area (Å²) in [6, 6.07) is 9.81. The van der Waals surface area contributed by atoms with Gasteiger partial charge in [0.15, 0.2) is 6.79 Å². The van der Waals surface area contributed by atoms with E-state index >= 15 is 0 Å². The number of halogens is 1. The van der Waals surface area contributed by atoms with Crippen LogP contribution in [-0.4, -0.2) is 39.3 Å². The quantitative estimate of drug-likeness (QED) is 0.485. The second kappa shape index (κ2) is 8.12. The minimum absolute atomic E-state index is 0.143. The lowest BCUT2D eigenvalue weighted by atomic mass is 10.1. The van der Waals surface area contributed by atoms with Crippen LogP contribution in [-0.2, 0) is 18.5 Å². The molecule has 0 bridgehead atoms. The van der Waals surface area contributed by atoms with Crippen LogP contribution in [0.15, 0.2) is 41.3 Å². The molecule has 144 valence electrons. The van der Waals surface area contributed by atoms with Crippen molar-refractivity contribution in [2.75, 3.05) is 30.9 Å². The Balaban J connectivity index is 2.07. The Bertz CT molecular complexity index is 863. The number of fused-ring (bicyclic) bond motifs is 1. The highest BCUT2D eigenvalue weighted by Gasteiger charge is 2.37. The van der Waals surface area contributed by atoms with E-state index in [4.69, 9.17) is 13.1 Å². The number of alkyl halides is 1. The van der Waals surface area contributed by atoms with Crippen LogP contribution in [0.1, 0.15) is 19.8 Å². The third-order valence-electron chi connectivity index (χ3n) is 4.31. The highest BCUT2D eigenvalue weighted by atomic mass is 32.3. The topological polar surface area (TPSA) is 61.8 Å². The molecule has 1 aliphatic rings. The Morgan fingerprint density at radius 1 is 1.08 bits per heavy atom. The average Bonchev–Trinajstić information content (AvgIpc) is 3.10. The minimum Gasteiger partial charge on any atom is -0.467 e. The van der Waals surface area contributed by atoms with E-state index in [1.54, 1.807) is 0 Å². The third kappa shape index (κ3) is 3.98. The maximum Gasteiger partial charge on any atom is 0.306 e. The van der Waals surface area contributed by atoms with E-state index in [0.29, 0.717) is 23.9 Å². The van der Waals surface area contributed by atoms with Gasteiger partial charge in [0.05, 0.1) is 0 Å². The van der Waals surface area contributed by atoms with Gasteiger partial charge in [-0.3, -0.25) is 0 Å². The zero-order chi connectivity index (χ0) is 18.6. The fraction of sp³-hybridized carbons (Fsp3) is 0.444. The van der Waals surface area contributed by atoms with E-state index in [2.05, 4.69) is 0 Å². The molecule has 1 heterocycles. The summed E-state index contributed by atoms with van der Waals surface area (Å²) >= 11 is 0. The van der Waals surface area contributed by atoms with E-state index in [-0.39, 0.29) is 6.79 Å². The summed E-state index contributed by atoms with van der Waals surface area (Å²) in [4.78, 5) is 0.839. The van der Waals surface area contributed by atoms with Crippen LogP contribution >= 0.6 is 10.3 Å². The van der Waals surface area contributed by atoms with Crippen LogP contribution < -0.4 is 4.74 Å². The SMILES string of the molecule is CCOCOc1ccc(S2(OS(=O)(=O)CF)CCCC2)c2ccccc12. The first-order valence-electron chi connectivity index (χ1n) is 8.52. The van der Waals surface area contributed by atoms with Crippen LogP contribution in [0, 0.1) is 0 Å². The van der Waals surface area contributed by atoms with Crippen molar-refractivity contribution >= 4 is 31.2 Å². The van der Waals surface area contributed by atoms with Crippen molar-refractivity contribution in [2.24, 2.45) is 0 Å². The Morgan fingerprint density at radius 3 is 2.42 bits per heavy atom. The number of benzene rings is 2. The second-order valence-electron chi connectivity index (χ2n) is 6.02. The van der Waals surface area contributed by atoms with Crippen LogP contribution in [0.5, 0.6) is 5.75 Å².